The largest absolute Gasteiger partial charge is 0.466 e. The summed E-state index contributed by atoms with van der Waals surface area (Å²) in [6, 6.07) is 10.8. The van der Waals surface area contributed by atoms with Crippen molar-refractivity contribution in [1.29, 1.82) is 0 Å². The summed E-state index contributed by atoms with van der Waals surface area (Å²) >= 11 is 1.46. The second-order valence-corrected chi connectivity index (χ2v) is 19.7. The fourth-order valence-corrected chi connectivity index (χ4v) is 9.03. The fourth-order valence-electron chi connectivity index (χ4n) is 4.55. The van der Waals surface area contributed by atoms with E-state index in [2.05, 4.69) is 30.7 Å². The number of hydrogen-bond donors (Lipinski definition) is 0. The van der Waals surface area contributed by atoms with E-state index in [1.54, 1.807) is 6.20 Å². The molecule has 6 nitrogen and oxygen atoms in total. The Morgan fingerprint density at radius 2 is 2.00 bits per heavy atom. The first-order valence-electron chi connectivity index (χ1n) is 12.0. The smallest absolute Gasteiger partial charge is 0.307 e. The van der Waals surface area contributed by atoms with E-state index >= 15 is 0 Å². The second-order valence-electron chi connectivity index (χ2n) is 10.5. The third-order valence-corrected chi connectivity index (χ3v) is 12.4. The summed E-state index contributed by atoms with van der Waals surface area (Å²) < 4.78 is 36.6. The molecule has 35 heavy (non-hydrogen) atoms. The number of hydrogen-bond acceptors (Lipinski definition) is 7. The van der Waals surface area contributed by atoms with Crippen molar-refractivity contribution in [3.63, 3.8) is 0 Å². The Morgan fingerprint density at radius 3 is 2.66 bits per heavy atom. The van der Waals surface area contributed by atoms with Gasteiger partial charge < -0.3 is 9.15 Å². The molecule has 0 N–H and O–H groups in total. The SMILES string of the molecule is Cc1cc(-c2ccc([C@@]3(CC(=O)OCC[Si](C)(C)C)CCCCS3(=O)=O)s2)ccc1-c1cnco1. The summed E-state index contributed by atoms with van der Waals surface area (Å²) in [5.41, 5.74) is 3.01. The summed E-state index contributed by atoms with van der Waals surface area (Å²) in [5.74, 6) is 0.393. The third kappa shape index (κ3) is 5.62. The Bertz CT molecular complexity index is 1290. The van der Waals surface area contributed by atoms with Gasteiger partial charge in [-0.15, -0.1) is 11.3 Å². The summed E-state index contributed by atoms with van der Waals surface area (Å²) in [6.45, 7) is 9.04. The summed E-state index contributed by atoms with van der Waals surface area (Å²) in [4.78, 5) is 18.5. The van der Waals surface area contributed by atoms with E-state index in [9.17, 15) is 13.2 Å². The van der Waals surface area contributed by atoms with Crippen LogP contribution in [-0.2, 0) is 24.1 Å². The van der Waals surface area contributed by atoms with E-state index in [1.165, 1.54) is 17.7 Å². The Hall–Kier alpha value is -2.23. The molecule has 0 amide bonds. The number of carbonyl (C=O) groups is 1. The molecule has 0 bridgehead atoms. The topological polar surface area (TPSA) is 86.5 Å². The van der Waals surface area contributed by atoms with Crippen molar-refractivity contribution in [1.82, 2.24) is 4.98 Å². The van der Waals surface area contributed by atoms with Gasteiger partial charge >= 0.3 is 5.97 Å². The Kier molecular flexibility index (Phi) is 7.40. The molecule has 0 unspecified atom stereocenters. The molecule has 1 aromatic carbocycles. The van der Waals surface area contributed by atoms with Gasteiger partial charge in [0.2, 0.25) is 0 Å². The van der Waals surface area contributed by atoms with Gasteiger partial charge in [-0.3, -0.25) is 4.79 Å². The summed E-state index contributed by atoms with van der Waals surface area (Å²) in [5, 5.41) is 0. The quantitative estimate of drug-likeness (QED) is 0.245. The van der Waals surface area contributed by atoms with Gasteiger partial charge in [-0.25, -0.2) is 13.4 Å². The van der Waals surface area contributed by atoms with Crippen LogP contribution in [0.5, 0.6) is 0 Å². The first-order valence-corrected chi connectivity index (χ1v) is 18.2. The second kappa shape index (κ2) is 10.0. The van der Waals surface area contributed by atoms with Gasteiger partial charge in [0.05, 0.1) is 25.0 Å². The normalized spacial score (nSPS) is 20.0. The van der Waals surface area contributed by atoms with Gasteiger partial charge in [-0.05, 0) is 55.1 Å². The Morgan fingerprint density at radius 1 is 1.20 bits per heavy atom. The van der Waals surface area contributed by atoms with Crippen LogP contribution in [0.15, 0.2) is 47.3 Å². The highest BCUT2D eigenvalue weighted by Crippen LogP contribution is 2.47. The molecule has 1 saturated heterocycles. The molecule has 0 radical (unpaired) electrons. The maximum absolute atomic E-state index is 13.4. The Balaban J connectivity index is 1.62. The van der Waals surface area contributed by atoms with Crippen molar-refractivity contribution in [2.75, 3.05) is 12.4 Å². The molecule has 1 aliphatic heterocycles. The number of nitrogens with zero attached hydrogens (tertiary/aromatic N) is 1. The third-order valence-electron chi connectivity index (χ3n) is 6.65. The lowest BCUT2D eigenvalue weighted by atomic mass is 9.95. The van der Waals surface area contributed by atoms with Crippen molar-refractivity contribution in [3.05, 3.63) is 53.4 Å². The van der Waals surface area contributed by atoms with Crippen molar-refractivity contribution in [2.24, 2.45) is 0 Å². The van der Waals surface area contributed by atoms with E-state index in [0.717, 1.165) is 38.9 Å². The lowest BCUT2D eigenvalue weighted by Gasteiger charge is -2.35. The highest BCUT2D eigenvalue weighted by atomic mass is 32.2. The fraction of sp³-hybridized carbons (Fsp3) is 0.462. The molecule has 3 heterocycles. The van der Waals surface area contributed by atoms with Crippen molar-refractivity contribution in [2.45, 2.75) is 63.0 Å². The summed E-state index contributed by atoms with van der Waals surface area (Å²) in [6.07, 6.45) is 4.83. The molecule has 3 aromatic rings. The highest BCUT2D eigenvalue weighted by molar-refractivity contribution is 7.92. The van der Waals surface area contributed by atoms with Gasteiger partial charge in [0.15, 0.2) is 22.0 Å². The molecule has 0 spiro atoms. The standard InChI is InChI=1S/C26H33NO5S2Si/c1-19-15-20(7-8-21(19)22-17-27-18-32-22)23-9-10-24(33-23)26(11-5-6-13-34(26,29)30)16-25(28)31-12-14-35(2,3)4/h7-10,15,17-18H,5-6,11-14,16H2,1-4H3/t26-/m0/s1. The number of carbonyl (C=O) groups excluding carboxylic acids is 1. The zero-order chi connectivity index (χ0) is 25.3. The molecule has 2 aromatic heterocycles. The molecule has 9 heteroatoms. The summed E-state index contributed by atoms with van der Waals surface area (Å²) in [7, 11) is -4.85. The van der Waals surface area contributed by atoms with Crippen molar-refractivity contribution in [3.8, 4) is 21.8 Å². The molecule has 0 aliphatic carbocycles. The molecule has 1 aliphatic rings. The molecule has 4 rings (SSSR count). The highest BCUT2D eigenvalue weighted by Gasteiger charge is 2.49. The molecule has 1 fully saturated rings. The number of rotatable bonds is 8. The van der Waals surface area contributed by atoms with E-state index in [0.29, 0.717) is 25.2 Å². The molecular weight excluding hydrogens is 499 g/mol. The minimum atomic E-state index is -3.50. The van der Waals surface area contributed by atoms with Crippen LogP contribution in [0.4, 0.5) is 0 Å². The van der Waals surface area contributed by atoms with Crippen molar-refractivity contribution < 1.29 is 22.4 Å². The van der Waals surface area contributed by atoms with E-state index in [-0.39, 0.29) is 12.2 Å². The van der Waals surface area contributed by atoms with Gasteiger partial charge in [0.1, 0.15) is 4.75 Å². The van der Waals surface area contributed by atoms with Crippen molar-refractivity contribution >= 4 is 35.2 Å². The average Bonchev–Trinajstić information content (AvgIpc) is 3.47. The van der Waals surface area contributed by atoms with Crippen LogP contribution in [-0.4, -0.2) is 39.8 Å². The maximum atomic E-state index is 13.4. The van der Waals surface area contributed by atoms with Crippen LogP contribution in [0.2, 0.25) is 25.7 Å². The monoisotopic (exact) mass is 531 g/mol. The Labute approximate surface area is 212 Å². The maximum Gasteiger partial charge on any atom is 0.307 e. The number of oxazole rings is 1. The van der Waals surface area contributed by atoms with Crippen LogP contribution in [0, 0.1) is 6.92 Å². The number of aromatic nitrogens is 1. The number of ether oxygens (including phenoxy) is 1. The van der Waals surface area contributed by atoms with Crippen LogP contribution < -0.4 is 0 Å². The number of thiophene rings is 1. The molecule has 188 valence electrons. The van der Waals surface area contributed by atoms with Crippen LogP contribution >= 0.6 is 11.3 Å². The number of benzene rings is 1. The van der Waals surface area contributed by atoms with Gasteiger partial charge in [0, 0.05) is 23.4 Å². The van der Waals surface area contributed by atoms with Crippen LogP contribution in [0.25, 0.3) is 21.8 Å². The zero-order valence-electron chi connectivity index (χ0n) is 20.8. The number of aryl methyl sites for hydroxylation is 1. The lowest BCUT2D eigenvalue weighted by Crippen LogP contribution is -2.42. The van der Waals surface area contributed by atoms with Crippen LogP contribution in [0.1, 0.15) is 36.1 Å². The molecule has 0 saturated carbocycles. The minimum Gasteiger partial charge on any atom is -0.466 e. The first kappa shape index (κ1) is 25.8. The number of sulfone groups is 1. The first-order chi connectivity index (χ1) is 16.5. The lowest BCUT2D eigenvalue weighted by molar-refractivity contribution is -0.144. The minimum absolute atomic E-state index is 0.105. The van der Waals surface area contributed by atoms with Gasteiger partial charge in [-0.1, -0.05) is 38.2 Å². The molecular formula is C26H33NO5S2Si. The number of esters is 1. The van der Waals surface area contributed by atoms with E-state index in [1.807, 2.05) is 31.2 Å². The average molecular weight is 532 g/mol. The van der Waals surface area contributed by atoms with E-state index < -0.39 is 28.6 Å². The van der Waals surface area contributed by atoms with Gasteiger partial charge in [0.25, 0.3) is 0 Å². The predicted octanol–water partition coefficient (Wildman–Crippen LogP) is 6.44. The zero-order valence-corrected chi connectivity index (χ0v) is 23.4. The molecule has 1 atom stereocenters. The predicted molar refractivity (Wildman–Crippen MR) is 143 cm³/mol. The van der Waals surface area contributed by atoms with Crippen LogP contribution in [0.3, 0.4) is 0 Å². The van der Waals surface area contributed by atoms with Gasteiger partial charge in [-0.2, -0.15) is 0 Å². The van der Waals surface area contributed by atoms with E-state index in [4.69, 9.17) is 9.15 Å².